The minimum atomic E-state index is -3.37. The zero-order valence-electron chi connectivity index (χ0n) is 11.6. The van der Waals surface area contributed by atoms with E-state index in [1.54, 1.807) is 10.4 Å². The molecule has 1 aliphatic rings. The Morgan fingerprint density at radius 3 is 2.68 bits per heavy atom. The van der Waals surface area contributed by atoms with E-state index in [2.05, 4.69) is 6.92 Å². The zero-order chi connectivity index (χ0) is 14.0. The van der Waals surface area contributed by atoms with Crippen LogP contribution >= 0.6 is 0 Å². The molecule has 19 heavy (non-hydrogen) atoms. The van der Waals surface area contributed by atoms with Crippen molar-refractivity contribution in [2.24, 2.45) is 11.7 Å². The maximum atomic E-state index is 12.7. The number of hydrogen-bond acceptors (Lipinski definition) is 3. The van der Waals surface area contributed by atoms with Gasteiger partial charge in [-0.25, -0.2) is 8.42 Å². The molecule has 0 spiro atoms. The molecule has 0 saturated carbocycles. The van der Waals surface area contributed by atoms with Gasteiger partial charge in [0, 0.05) is 19.6 Å². The van der Waals surface area contributed by atoms with Gasteiger partial charge in [0.2, 0.25) is 10.0 Å². The van der Waals surface area contributed by atoms with Crippen molar-refractivity contribution >= 4 is 10.0 Å². The van der Waals surface area contributed by atoms with Crippen molar-refractivity contribution in [3.63, 3.8) is 0 Å². The predicted molar refractivity (Wildman–Crippen MR) is 76.3 cm³/mol. The molecule has 1 aliphatic heterocycles. The summed E-state index contributed by atoms with van der Waals surface area (Å²) in [6, 6.07) is 5.52. The highest BCUT2D eigenvalue weighted by molar-refractivity contribution is 7.89. The summed E-state index contributed by atoms with van der Waals surface area (Å²) in [6.45, 7) is 5.68. The van der Waals surface area contributed by atoms with Crippen LogP contribution < -0.4 is 5.73 Å². The van der Waals surface area contributed by atoms with Gasteiger partial charge in [0.15, 0.2) is 0 Å². The van der Waals surface area contributed by atoms with E-state index in [-0.39, 0.29) is 0 Å². The Balaban J connectivity index is 2.44. The molecule has 0 bridgehead atoms. The van der Waals surface area contributed by atoms with Crippen molar-refractivity contribution in [2.75, 3.05) is 13.1 Å². The van der Waals surface area contributed by atoms with Gasteiger partial charge in [0.05, 0.1) is 4.90 Å². The van der Waals surface area contributed by atoms with Crippen LogP contribution in [0.1, 0.15) is 31.4 Å². The summed E-state index contributed by atoms with van der Waals surface area (Å²) in [5.74, 6) is 0.442. The molecule has 2 N–H and O–H groups in total. The first-order valence-electron chi connectivity index (χ1n) is 6.81. The van der Waals surface area contributed by atoms with E-state index in [0.29, 0.717) is 36.9 Å². The van der Waals surface area contributed by atoms with E-state index in [1.165, 1.54) is 0 Å². The lowest BCUT2D eigenvalue weighted by molar-refractivity contribution is 0.463. The summed E-state index contributed by atoms with van der Waals surface area (Å²) in [5.41, 5.74) is 7.36. The van der Waals surface area contributed by atoms with E-state index in [4.69, 9.17) is 5.73 Å². The summed E-state index contributed by atoms with van der Waals surface area (Å²) >= 11 is 0. The van der Waals surface area contributed by atoms with Gasteiger partial charge in [0.25, 0.3) is 0 Å². The van der Waals surface area contributed by atoms with E-state index < -0.39 is 10.0 Å². The highest BCUT2D eigenvalue weighted by atomic mass is 32.2. The Morgan fingerprint density at radius 2 is 2.16 bits per heavy atom. The molecule has 1 heterocycles. The van der Waals surface area contributed by atoms with E-state index in [0.717, 1.165) is 17.5 Å². The molecule has 4 nitrogen and oxygen atoms in total. The second-order valence-electron chi connectivity index (χ2n) is 5.26. The van der Waals surface area contributed by atoms with Crippen LogP contribution in [0, 0.1) is 5.92 Å². The topological polar surface area (TPSA) is 63.4 Å². The van der Waals surface area contributed by atoms with Crippen LogP contribution in [0.25, 0.3) is 0 Å². The lowest BCUT2D eigenvalue weighted by Gasteiger charge is -2.19. The van der Waals surface area contributed by atoms with Crippen LogP contribution in [0.3, 0.4) is 0 Å². The SMILES string of the molecule is CCc1ccc(CN)cc1S(=O)(=O)N1CCC(C)C1. The standard InChI is InChI=1S/C14H22N2O2S/c1-3-13-5-4-12(9-15)8-14(13)19(17,18)16-7-6-11(2)10-16/h4-5,8,11H,3,6-7,9-10,15H2,1-2H3. The fourth-order valence-electron chi connectivity index (χ4n) is 2.51. The van der Waals surface area contributed by atoms with Gasteiger partial charge in [-0.15, -0.1) is 0 Å². The van der Waals surface area contributed by atoms with Crippen LogP contribution in [0.5, 0.6) is 0 Å². The van der Waals surface area contributed by atoms with Gasteiger partial charge >= 0.3 is 0 Å². The Labute approximate surface area is 115 Å². The Bertz CT molecular complexity index is 555. The molecule has 1 saturated heterocycles. The number of nitrogens with zero attached hydrogens (tertiary/aromatic N) is 1. The summed E-state index contributed by atoms with van der Waals surface area (Å²) < 4.78 is 27.0. The summed E-state index contributed by atoms with van der Waals surface area (Å²) in [7, 11) is -3.37. The van der Waals surface area contributed by atoms with Gasteiger partial charge in [0.1, 0.15) is 0 Å². The van der Waals surface area contributed by atoms with Gasteiger partial charge < -0.3 is 5.73 Å². The predicted octanol–water partition coefficient (Wildman–Crippen LogP) is 1.74. The van der Waals surface area contributed by atoms with Gasteiger partial charge in [-0.3, -0.25) is 0 Å². The molecule has 1 unspecified atom stereocenters. The summed E-state index contributed by atoms with van der Waals surface area (Å²) in [6.07, 6.45) is 1.65. The lowest BCUT2D eigenvalue weighted by atomic mass is 10.1. The first-order chi connectivity index (χ1) is 8.98. The van der Waals surface area contributed by atoms with Crippen molar-refractivity contribution in [3.05, 3.63) is 29.3 Å². The largest absolute Gasteiger partial charge is 0.326 e. The van der Waals surface area contributed by atoms with Crippen molar-refractivity contribution in [3.8, 4) is 0 Å². The maximum absolute atomic E-state index is 12.7. The van der Waals surface area contributed by atoms with Crippen molar-refractivity contribution in [1.29, 1.82) is 0 Å². The van der Waals surface area contributed by atoms with Crippen molar-refractivity contribution < 1.29 is 8.42 Å². The highest BCUT2D eigenvalue weighted by Gasteiger charge is 2.31. The second-order valence-corrected chi connectivity index (χ2v) is 7.16. The molecule has 5 heteroatoms. The maximum Gasteiger partial charge on any atom is 0.243 e. The number of hydrogen-bond donors (Lipinski definition) is 1. The highest BCUT2D eigenvalue weighted by Crippen LogP contribution is 2.27. The molecule has 0 amide bonds. The second kappa shape index (κ2) is 5.61. The molecule has 1 fully saturated rings. The molecular formula is C14H22N2O2S. The number of benzene rings is 1. The van der Waals surface area contributed by atoms with Crippen LogP contribution in [-0.4, -0.2) is 25.8 Å². The molecule has 0 radical (unpaired) electrons. The molecule has 1 aromatic rings. The third kappa shape index (κ3) is 2.83. The molecule has 2 rings (SSSR count). The van der Waals surface area contributed by atoms with Crippen LogP contribution in [0.4, 0.5) is 0 Å². The van der Waals surface area contributed by atoms with Gasteiger partial charge in [-0.05, 0) is 36.0 Å². The van der Waals surface area contributed by atoms with Crippen LogP contribution in [0.2, 0.25) is 0 Å². The van der Waals surface area contributed by atoms with Crippen molar-refractivity contribution in [2.45, 2.75) is 38.1 Å². The molecule has 106 valence electrons. The van der Waals surface area contributed by atoms with Gasteiger partial charge in [-0.1, -0.05) is 26.0 Å². The Kier molecular flexibility index (Phi) is 4.28. The molecule has 0 aromatic heterocycles. The summed E-state index contributed by atoms with van der Waals surface area (Å²) in [4.78, 5) is 0.437. The van der Waals surface area contributed by atoms with E-state index in [1.807, 2.05) is 19.1 Å². The average Bonchev–Trinajstić information content (AvgIpc) is 2.85. The van der Waals surface area contributed by atoms with Crippen LogP contribution in [-0.2, 0) is 23.0 Å². The molecule has 1 atom stereocenters. The Hall–Kier alpha value is -0.910. The minimum absolute atomic E-state index is 0.364. The normalized spacial score (nSPS) is 20.9. The minimum Gasteiger partial charge on any atom is -0.326 e. The summed E-state index contributed by atoms with van der Waals surface area (Å²) in [5, 5.41) is 0. The first-order valence-corrected chi connectivity index (χ1v) is 8.25. The number of sulfonamides is 1. The first kappa shape index (κ1) is 14.5. The third-order valence-corrected chi connectivity index (χ3v) is 5.70. The Morgan fingerprint density at radius 1 is 1.42 bits per heavy atom. The molecule has 1 aromatic carbocycles. The number of rotatable bonds is 4. The average molecular weight is 282 g/mol. The number of nitrogens with two attached hydrogens (primary N) is 1. The fourth-order valence-corrected chi connectivity index (χ4v) is 4.43. The van der Waals surface area contributed by atoms with E-state index >= 15 is 0 Å². The quantitative estimate of drug-likeness (QED) is 0.915. The number of aryl methyl sites for hydroxylation is 1. The lowest BCUT2D eigenvalue weighted by Crippen LogP contribution is -2.29. The van der Waals surface area contributed by atoms with E-state index in [9.17, 15) is 8.42 Å². The fraction of sp³-hybridized carbons (Fsp3) is 0.571. The molecular weight excluding hydrogens is 260 g/mol. The third-order valence-electron chi connectivity index (χ3n) is 3.75. The van der Waals surface area contributed by atoms with Gasteiger partial charge in [-0.2, -0.15) is 4.31 Å². The van der Waals surface area contributed by atoms with Crippen molar-refractivity contribution in [1.82, 2.24) is 4.31 Å². The molecule has 0 aliphatic carbocycles. The van der Waals surface area contributed by atoms with Crippen LogP contribution in [0.15, 0.2) is 23.1 Å². The monoisotopic (exact) mass is 282 g/mol. The smallest absolute Gasteiger partial charge is 0.243 e. The zero-order valence-corrected chi connectivity index (χ0v) is 12.4.